The molecule has 0 heterocycles. The van der Waals surface area contributed by atoms with Crippen molar-refractivity contribution in [3.8, 4) is 5.75 Å². The van der Waals surface area contributed by atoms with Gasteiger partial charge in [0, 0.05) is 5.69 Å². The van der Waals surface area contributed by atoms with Crippen LogP contribution in [0.25, 0.3) is 0 Å². The van der Waals surface area contributed by atoms with Crippen LogP contribution in [-0.2, 0) is 9.59 Å². The van der Waals surface area contributed by atoms with Gasteiger partial charge in [-0.3, -0.25) is 9.59 Å². The van der Waals surface area contributed by atoms with Crippen LogP contribution >= 0.6 is 15.9 Å². The summed E-state index contributed by atoms with van der Waals surface area (Å²) < 4.78 is 6.23. The molecule has 0 atom stereocenters. The van der Waals surface area contributed by atoms with E-state index in [1.54, 1.807) is 0 Å². The normalized spacial score (nSPS) is 10.7. The number of rotatable bonds is 7. The molecule has 0 saturated carbocycles. The highest BCUT2D eigenvalue weighted by Gasteiger charge is 2.10. The third-order valence-electron chi connectivity index (χ3n) is 3.64. The second-order valence-electron chi connectivity index (χ2n) is 5.96. The Hall–Kier alpha value is -2.67. The molecule has 2 aromatic rings. The van der Waals surface area contributed by atoms with Gasteiger partial charge in [0.05, 0.1) is 17.3 Å². The summed E-state index contributed by atoms with van der Waals surface area (Å²) in [5.74, 6) is -0.140. The van der Waals surface area contributed by atoms with E-state index in [1.807, 2.05) is 57.2 Å². The molecule has 7 heteroatoms. The van der Waals surface area contributed by atoms with Gasteiger partial charge >= 0.3 is 0 Å². The predicted molar refractivity (Wildman–Crippen MR) is 110 cm³/mol. The first-order valence-electron chi connectivity index (χ1n) is 8.50. The molecule has 0 aromatic heterocycles. The van der Waals surface area contributed by atoms with Crippen molar-refractivity contribution in [3.05, 3.63) is 57.6 Å². The summed E-state index contributed by atoms with van der Waals surface area (Å²) in [5.41, 5.74) is 5.89. The zero-order valence-corrected chi connectivity index (χ0v) is 17.1. The Bertz CT molecular complexity index is 866. The number of anilines is 1. The Morgan fingerprint density at radius 1 is 1.15 bits per heavy atom. The molecule has 6 nitrogen and oxygen atoms in total. The van der Waals surface area contributed by atoms with E-state index < -0.39 is 11.8 Å². The van der Waals surface area contributed by atoms with E-state index in [2.05, 4.69) is 31.8 Å². The monoisotopic (exact) mass is 431 g/mol. The third kappa shape index (κ3) is 6.53. The largest absolute Gasteiger partial charge is 0.493 e. The van der Waals surface area contributed by atoms with Crippen LogP contribution in [0.15, 0.2) is 46.0 Å². The molecule has 0 bridgehead atoms. The first-order valence-corrected chi connectivity index (χ1v) is 9.29. The van der Waals surface area contributed by atoms with Crippen molar-refractivity contribution in [1.82, 2.24) is 5.43 Å². The number of hydrogen-bond donors (Lipinski definition) is 2. The summed E-state index contributed by atoms with van der Waals surface area (Å²) in [7, 11) is 0. The summed E-state index contributed by atoms with van der Waals surface area (Å²) >= 11 is 3.42. The van der Waals surface area contributed by atoms with Crippen LogP contribution in [0, 0.1) is 13.8 Å². The molecule has 0 aliphatic carbocycles. The van der Waals surface area contributed by atoms with Crippen LogP contribution in [0.5, 0.6) is 5.75 Å². The minimum Gasteiger partial charge on any atom is -0.493 e. The van der Waals surface area contributed by atoms with Crippen LogP contribution in [-0.4, -0.2) is 24.6 Å². The standard InChI is InChI=1S/C20H22BrN3O3/c1-4-27-18-8-6-15(10-16(18)21)12-22-24-20(26)11-19(25)23-17-7-5-13(2)9-14(17)3/h5-10,12H,4,11H2,1-3H3,(H,23,25)(H,24,26). The van der Waals surface area contributed by atoms with Crippen molar-refractivity contribution in [1.29, 1.82) is 0 Å². The molecule has 142 valence electrons. The van der Waals surface area contributed by atoms with Gasteiger partial charge in [0.1, 0.15) is 12.2 Å². The fourth-order valence-electron chi connectivity index (χ4n) is 2.38. The molecule has 0 aliphatic heterocycles. The van der Waals surface area contributed by atoms with Gasteiger partial charge < -0.3 is 10.1 Å². The minimum atomic E-state index is -0.487. The molecule has 2 N–H and O–H groups in total. The number of halogens is 1. The van der Waals surface area contributed by atoms with Crippen molar-refractivity contribution in [2.75, 3.05) is 11.9 Å². The van der Waals surface area contributed by atoms with Crippen molar-refractivity contribution in [2.45, 2.75) is 27.2 Å². The van der Waals surface area contributed by atoms with Gasteiger partial charge in [-0.2, -0.15) is 5.10 Å². The summed E-state index contributed by atoms with van der Waals surface area (Å²) in [6, 6.07) is 11.2. The first-order chi connectivity index (χ1) is 12.9. The van der Waals surface area contributed by atoms with Crippen molar-refractivity contribution < 1.29 is 14.3 Å². The zero-order chi connectivity index (χ0) is 19.8. The quantitative estimate of drug-likeness (QED) is 0.395. The molecule has 0 fully saturated rings. The van der Waals surface area contributed by atoms with Crippen LogP contribution < -0.4 is 15.5 Å². The Labute approximate surface area is 167 Å². The van der Waals surface area contributed by atoms with Gasteiger partial charge in [-0.15, -0.1) is 0 Å². The molecule has 2 amide bonds. The molecule has 0 aliphatic rings. The SMILES string of the molecule is CCOc1ccc(C=NNC(=O)CC(=O)Nc2ccc(C)cc2C)cc1Br. The van der Waals surface area contributed by atoms with Crippen LogP contribution in [0.4, 0.5) is 5.69 Å². The van der Waals surface area contributed by atoms with E-state index in [9.17, 15) is 9.59 Å². The van der Waals surface area contributed by atoms with E-state index >= 15 is 0 Å². The number of nitrogens with one attached hydrogen (secondary N) is 2. The van der Waals surface area contributed by atoms with Crippen molar-refractivity contribution in [2.24, 2.45) is 5.10 Å². The topological polar surface area (TPSA) is 79.8 Å². The maximum atomic E-state index is 12.0. The van der Waals surface area contributed by atoms with Gasteiger partial charge in [-0.1, -0.05) is 17.7 Å². The lowest BCUT2D eigenvalue weighted by molar-refractivity contribution is -0.126. The highest BCUT2D eigenvalue weighted by atomic mass is 79.9. The lowest BCUT2D eigenvalue weighted by atomic mass is 10.1. The fourth-order valence-corrected chi connectivity index (χ4v) is 2.89. The number of amides is 2. The third-order valence-corrected chi connectivity index (χ3v) is 4.26. The number of hydrazone groups is 1. The number of benzene rings is 2. The number of nitrogens with zero attached hydrogens (tertiary/aromatic N) is 1. The molecule has 0 unspecified atom stereocenters. The Morgan fingerprint density at radius 2 is 1.93 bits per heavy atom. The predicted octanol–water partition coefficient (Wildman–Crippen LogP) is 3.94. The van der Waals surface area contributed by atoms with E-state index in [0.717, 1.165) is 26.9 Å². The molecule has 2 rings (SSSR count). The van der Waals surface area contributed by atoms with E-state index in [1.165, 1.54) is 6.21 Å². The first kappa shape index (κ1) is 20.6. The van der Waals surface area contributed by atoms with Crippen LogP contribution in [0.1, 0.15) is 30.0 Å². The highest BCUT2D eigenvalue weighted by molar-refractivity contribution is 9.10. The van der Waals surface area contributed by atoms with Crippen LogP contribution in [0.2, 0.25) is 0 Å². The number of carbonyl (C=O) groups is 2. The Morgan fingerprint density at radius 3 is 2.59 bits per heavy atom. The molecule has 0 saturated heterocycles. The molecular formula is C20H22BrN3O3. The number of hydrogen-bond acceptors (Lipinski definition) is 4. The van der Waals surface area contributed by atoms with Gasteiger partial charge in [0.25, 0.3) is 0 Å². The van der Waals surface area contributed by atoms with Gasteiger partial charge in [0.15, 0.2) is 0 Å². The number of ether oxygens (including phenoxy) is 1. The average Bonchev–Trinajstić information content (AvgIpc) is 2.60. The minimum absolute atomic E-state index is 0.308. The zero-order valence-electron chi connectivity index (χ0n) is 15.5. The molecular weight excluding hydrogens is 410 g/mol. The molecule has 0 spiro atoms. The Kier molecular flexibility index (Phi) is 7.55. The maximum absolute atomic E-state index is 12.0. The summed E-state index contributed by atoms with van der Waals surface area (Å²) in [6.45, 7) is 6.37. The fraction of sp³-hybridized carbons (Fsp3) is 0.250. The maximum Gasteiger partial charge on any atom is 0.249 e. The van der Waals surface area contributed by atoms with Crippen LogP contribution in [0.3, 0.4) is 0 Å². The summed E-state index contributed by atoms with van der Waals surface area (Å²) in [4.78, 5) is 23.9. The molecule has 0 radical (unpaired) electrons. The molecule has 27 heavy (non-hydrogen) atoms. The summed E-state index contributed by atoms with van der Waals surface area (Å²) in [5, 5.41) is 6.61. The van der Waals surface area contributed by atoms with Gasteiger partial charge in [-0.05, 0) is 72.1 Å². The lowest BCUT2D eigenvalue weighted by Gasteiger charge is -2.08. The number of carbonyl (C=O) groups excluding carboxylic acids is 2. The second-order valence-corrected chi connectivity index (χ2v) is 6.81. The Balaban J connectivity index is 1.85. The smallest absolute Gasteiger partial charge is 0.249 e. The molecule has 2 aromatic carbocycles. The van der Waals surface area contributed by atoms with E-state index in [4.69, 9.17) is 4.74 Å². The van der Waals surface area contributed by atoms with E-state index in [0.29, 0.717) is 12.3 Å². The van der Waals surface area contributed by atoms with Crippen molar-refractivity contribution in [3.63, 3.8) is 0 Å². The summed E-state index contributed by atoms with van der Waals surface area (Å²) in [6.07, 6.45) is 1.19. The second kappa shape index (κ2) is 9.87. The highest BCUT2D eigenvalue weighted by Crippen LogP contribution is 2.25. The van der Waals surface area contributed by atoms with E-state index in [-0.39, 0.29) is 6.42 Å². The van der Waals surface area contributed by atoms with Gasteiger partial charge in [-0.25, -0.2) is 5.43 Å². The lowest BCUT2D eigenvalue weighted by Crippen LogP contribution is -2.24. The van der Waals surface area contributed by atoms with Gasteiger partial charge in [0.2, 0.25) is 11.8 Å². The average molecular weight is 432 g/mol. The number of aryl methyl sites for hydroxylation is 2. The van der Waals surface area contributed by atoms with Crippen molar-refractivity contribution >= 4 is 39.6 Å².